The zero-order valence-electron chi connectivity index (χ0n) is 15.0. The summed E-state index contributed by atoms with van der Waals surface area (Å²) in [5.41, 5.74) is 0.139. The van der Waals surface area contributed by atoms with Crippen LogP contribution in [0.15, 0.2) is 18.2 Å². The minimum atomic E-state index is -3.13. The molecule has 0 bridgehead atoms. The lowest BCUT2D eigenvalue weighted by molar-refractivity contribution is -0.0521. The third-order valence-corrected chi connectivity index (χ3v) is 6.65. The van der Waals surface area contributed by atoms with Gasteiger partial charge in [0.1, 0.15) is 0 Å². The molecule has 1 unspecified atom stereocenters. The third kappa shape index (κ3) is 5.51. The van der Waals surface area contributed by atoms with E-state index >= 15 is 0 Å². The van der Waals surface area contributed by atoms with Crippen molar-refractivity contribution in [3.8, 4) is 5.75 Å². The fourth-order valence-corrected chi connectivity index (χ4v) is 5.17. The summed E-state index contributed by atoms with van der Waals surface area (Å²) in [5.74, 6) is -1.21. The fourth-order valence-electron chi connectivity index (χ4n) is 3.48. The first-order valence-corrected chi connectivity index (χ1v) is 10.8. The number of hydrogen-bond donors (Lipinski definition) is 2. The van der Waals surface area contributed by atoms with E-state index in [1.165, 1.54) is 6.07 Å². The molecule has 2 aliphatic rings. The van der Waals surface area contributed by atoms with Gasteiger partial charge in [0.05, 0.1) is 11.5 Å². The summed E-state index contributed by atoms with van der Waals surface area (Å²) in [7, 11) is -2.94. The van der Waals surface area contributed by atoms with E-state index in [-0.39, 0.29) is 29.3 Å². The Hall–Kier alpha value is -2.01. The SMILES string of the molecule is O=C(Nc1ccc(OC(F)F)c(F)c1)N1CCC(NC2CCS(=O)(=O)C2)CC1. The molecule has 1 aromatic rings. The zero-order valence-corrected chi connectivity index (χ0v) is 15.9. The number of hydrogen-bond acceptors (Lipinski definition) is 5. The summed E-state index contributed by atoms with van der Waals surface area (Å²) in [6, 6.07) is 2.93. The lowest BCUT2D eigenvalue weighted by atomic mass is 10.0. The van der Waals surface area contributed by atoms with E-state index in [9.17, 15) is 26.4 Å². The number of rotatable bonds is 5. The third-order valence-electron chi connectivity index (χ3n) is 4.89. The number of amides is 2. The van der Waals surface area contributed by atoms with E-state index in [2.05, 4.69) is 15.4 Å². The van der Waals surface area contributed by atoms with Crippen LogP contribution in [0.5, 0.6) is 5.75 Å². The Morgan fingerprint density at radius 3 is 2.46 bits per heavy atom. The molecule has 11 heteroatoms. The lowest BCUT2D eigenvalue weighted by Gasteiger charge is -2.33. The summed E-state index contributed by atoms with van der Waals surface area (Å²) in [6.07, 6.45) is 1.97. The summed E-state index contributed by atoms with van der Waals surface area (Å²) in [5, 5.41) is 5.89. The highest BCUT2D eigenvalue weighted by atomic mass is 32.2. The first-order chi connectivity index (χ1) is 13.2. The van der Waals surface area contributed by atoms with E-state index in [0.29, 0.717) is 32.4 Å². The van der Waals surface area contributed by atoms with Gasteiger partial charge in [-0.05, 0) is 31.4 Å². The highest BCUT2D eigenvalue weighted by molar-refractivity contribution is 7.91. The molecule has 0 saturated carbocycles. The summed E-state index contributed by atoms with van der Waals surface area (Å²) in [4.78, 5) is 13.9. The molecule has 28 heavy (non-hydrogen) atoms. The molecule has 2 fully saturated rings. The first-order valence-electron chi connectivity index (χ1n) is 8.98. The van der Waals surface area contributed by atoms with Crippen LogP contribution in [0, 0.1) is 5.82 Å². The van der Waals surface area contributed by atoms with Crippen molar-refractivity contribution in [3.05, 3.63) is 24.0 Å². The van der Waals surface area contributed by atoms with Crippen molar-refractivity contribution in [1.82, 2.24) is 10.2 Å². The smallest absolute Gasteiger partial charge is 0.387 e. The molecular formula is C17H22F3N3O4S. The Kier molecular flexibility index (Phi) is 6.33. The summed E-state index contributed by atoms with van der Waals surface area (Å²) < 4.78 is 65.1. The van der Waals surface area contributed by atoms with Gasteiger partial charge in [0.2, 0.25) is 0 Å². The Bertz CT molecular complexity index is 814. The standard InChI is InChI=1S/C17H22F3N3O4S/c18-14-9-12(1-2-15(14)27-16(19)20)22-17(24)23-6-3-11(4-7-23)21-13-5-8-28(25,26)10-13/h1-2,9,11,13,16,21H,3-8,10H2,(H,22,24). The van der Waals surface area contributed by atoms with E-state index in [4.69, 9.17) is 0 Å². The van der Waals surface area contributed by atoms with Gasteiger partial charge >= 0.3 is 12.6 Å². The van der Waals surface area contributed by atoms with E-state index in [1.807, 2.05) is 0 Å². The predicted molar refractivity (Wildman–Crippen MR) is 96.8 cm³/mol. The number of likely N-dealkylation sites (tertiary alicyclic amines) is 1. The largest absolute Gasteiger partial charge is 0.432 e. The predicted octanol–water partition coefficient (Wildman–Crippen LogP) is 2.20. The summed E-state index contributed by atoms with van der Waals surface area (Å²) in [6.45, 7) is -2.19. The highest BCUT2D eigenvalue weighted by Gasteiger charge is 2.31. The maximum Gasteiger partial charge on any atom is 0.387 e. The molecule has 0 spiro atoms. The van der Waals surface area contributed by atoms with Crippen molar-refractivity contribution in [2.75, 3.05) is 29.9 Å². The zero-order chi connectivity index (χ0) is 20.3. The molecule has 0 aliphatic carbocycles. The molecule has 3 rings (SSSR count). The Labute approximate surface area is 161 Å². The number of ether oxygens (including phenoxy) is 1. The fraction of sp³-hybridized carbons (Fsp3) is 0.588. The number of urea groups is 1. The second kappa shape index (κ2) is 8.56. The number of halogens is 3. The topological polar surface area (TPSA) is 87.7 Å². The quantitative estimate of drug-likeness (QED) is 0.761. The van der Waals surface area contributed by atoms with Crippen LogP contribution in [0.4, 0.5) is 23.7 Å². The van der Waals surface area contributed by atoms with Crippen molar-refractivity contribution in [3.63, 3.8) is 0 Å². The Balaban J connectivity index is 1.47. The van der Waals surface area contributed by atoms with Crippen LogP contribution < -0.4 is 15.4 Å². The van der Waals surface area contributed by atoms with Crippen LogP contribution in [-0.2, 0) is 9.84 Å². The van der Waals surface area contributed by atoms with Gasteiger partial charge in [-0.2, -0.15) is 8.78 Å². The number of nitrogens with zero attached hydrogens (tertiary/aromatic N) is 1. The summed E-state index contributed by atoms with van der Waals surface area (Å²) >= 11 is 0. The molecule has 2 amide bonds. The lowest BCUT2D eigenvalue weighted by Crippen LogP contribution is -2.49. The number of piperidine rings is 1. The number of alkyl halides is 2. The van der Waals surface area contributed by atoms with Crippen molar-refractivity contribution in [1.29, 1.82) is 0 Å². The number of sulfone groups is 1. The van der Waals surface area contributed by atoms with Gasteiger partial charge in [0.15, 0.2) is 21.4 Å². The van der Waals surface area contributed by atoms with Crippen molar-refractivity contribution < 1.29 is 31.1 Å². The Morgan fingerprint density at radius 1 is 1.18 bits per heavy atom. The average Bonchev–Trinajstić information content (AvgIpc) is 2.96. The molecule has 0 radical (unpaired) electrons. The van der Waals surface area contributed by atoms with E-state index < -0.39 is 34.0 Å². The molecule has 2 heterocycles. The Morgan fingerprint density at radius 2 is 1.89 bits per heavy atom. The van der Waals surface area contributed by atoms with Gasteiger partial charge in [-0.3, -0.25) is 0 Å². The van der Waals surface area contributed by atoms with Crippen LogP contribution in [0.25, 0.3) is 0 Å². The van der Waals surface area contributed by atoms with Crippen LogP contribution in [0.3, 0.4) is 0 Å². The molecule has 0 aromatic heterocycles. The van der Waals surface area contributed by atoms with Crippen LogP contribution in [-0.4, -0.2) is 62.6 Å². The van der Waals surface area contributed by atoms with Crippen LogP contribution in [0.1, 0.15) is 19.3 Å². The van der Waals surface area contributed by atoms with Gasteiger partial charge < -0.3 is 20.3 Å². The van der Waals surface area contributed by atoms with Crippen LogP contribution in [0.2, 0.25) is 0 Å². The number of anilines is 1. The maximum atomic E-state index is 13.7. The number of nitrogens with one attached hydrogen (secondary N) is 2. The van der Waals surface area contributed by atoms with E-state index in [0.717, 1.165) is 12.1 Å². The molecule has 1 atom stereocenters. The highest BCUT2D eigenvalue weighted by Crippen LogP contribution is 2.23. The molecule has 7 nitrogen and oxygen atoms in total. The second-order valence-electron chi connectivity index (χ2n) is 6.98. The second-order valence-corrected chi connectivity index (χ2v) is 9.21. The van der Waals surface area contributed by atoms with Gasteiger partial charge in [0.25, 0.3) is 0 Å². The van der Waals surface area contributed by atoms with Gasteiger partial charge in [-0.15, -0.1) is 0 Å². The number of carbonyl (C=O) groups excluding carboxylic acids is 1. The first kappa shape index (κ1) is 20.7. The minimum absolute atomic E-state index is 0.0349. The monoisotopic (exact) mass is 421 g/mol. The molecule has 1 aromatic carbocycles. The van der Waals surface area contributed by atoms with Gasteiger partial charge in [-0.1, -0.05) is 0 Å². The average molecular weight is 421 g/mol. The molecule has 156 valence electrons. The van der Waals surface area contributed by atoms with Crippen LogP contribution >= 0.6 is 0 Å². The van der Waals surface area contributed by atoms with Gasteiger partial charge in [0, 0.05) is 36.9 Å². The van der Waals surface area contributed by atoms with Gasteiger partial charge in [-0.25, -0.2) is 17.6 Å². The maximum absolute atomic E-state index is 13.7. The van der Waals surface area contributed by atoms with Crippen molar-refractivity contribution in [2.45, 2.75) is 38.0 Å². The number of carbonyl (C=O) groups is 1. The molecule has 2 saturated heterocycles. The molecular weight excluding hydrogens is 399 g/mol. The normalized spacial score (nSPS) is 22.4. The van der Waals surface area contributed by atoms with E-state index in [1.54, 1.807) is 4.90 Å². The molecule has 2 aliphatic heterocycles. The molecule has 2 N–H and O–H groups in total. The minimum Gasteiger partial charge on any atom is -0.432 e. The van der Waals surface area contributed by atoms with Crippen molar-refractivity contribution >= 4 is 21.6 Å². The number of benzene rings is 1. The van der Waals surface area contributed by atoms with Crippen molar-refractivity contribution in [2.24, 2.45) is 0 Å².